The van der Waals surface area contributed by atoms with Crippen LogP contribution in [0.4, 0.5) is 0 Å². The molecule has 4 N–H and O–H groups in total. The molecular formula is C12H19N3O3S. The van der Waals surface area contributed by atoms with Crippen LogP contribution in [-0.4, -0.2) is 33.7 Å². The summed E-state index contributed by atoms with van der Waals surface area (Å²) in [6, 6.07) is 7.09. The van der Waals surface area contributed by atoms with Gasteiger partial charge in [-0.05, 0) is 24.1 Å². The van der Waals surface area contributed by atoms with Gasteiger partial charge in [0.15, 0.2) is 0 Å². The van der Waals surface area contributed by atoms with Crippen LogP contribution < -0.4 is 15.8 Å². The molecule has 0 bridgehead atoms. The number of hydrogen-bond acceptors (Lipinski definition) is 4. The summed E-state index contributed by atoms with van der Waals surface area (Å²) in [7, 11) is -3.16. The molecule has 1 rings (SSSR count). The quantitative estimate of drug-likeness (QED) is 0.605. The highest BCUT2D eigenvalue weighted by Gasteiger charge is 2.05. The fourth-order valence-electron chi connectivity index (χ4n) is 1.49. The third-order valence-electron chi connectivity index (χ3n) is 2.43. The van der Waals surface area contributed by atoms with E-state index in [2.05, 4.69) is 10.0 Å². The van der Waals surface area contributed by atoms with E-state index in [1.165, 1.54) is 0 Å². The summed E-state index contributed by atoms with van der Waals surface area (Å²) in [4.78, 5) is 11.8. The smallest absolute Gasteiger partial charge is 0.251 e. The molecule has 0 radical (unpaired) electrons. The lowest BCUT2D eigenvalue weighted by molar-refractivity contribution is 0.0953. The van der Waals surface area contributed by atoms with Crippen LogP contribution in [0.3, 0.4) is 0 Å². The van der Waals surface area contributed by atoms with Gasteiger partial charge in [-0.25, -0.2) is 13.1 Å². The van der Waals surface area contributed by atoms with Gasteiger partial charge in [0.25, 0.3) is 5.91 Å². The molecule has 0 fully saturated rings. The molecule has 106 valence electrons. The number of hydrogen-bond donors (Lipinski definition) is 3. The van der Waals surface area contributed by atoms with Crippen LogP contribution in [0.5, 0.6) is 0 Å². The van der Waals surface area contributed by atoms with E-state index in [0.717, 1.165) is 11.8 Å². The molecule has 19 heavy (non-hydrogen) atoms. The molecule has 0 aliphatic heterocycles. The molecule has 0 heterocycles. The Hall–Kier alpha value is -1.44. The Labute approximate surface area is 113 Å². The van der Waals surface area contributed by atoms with E-state index < -0.39 is 10.0 Å². The first kappa shape index (κ1) is 15.6. The lowest BCUT2D eigenvalue weighted by Gasteiger charge is -2.06. The van der Waals surface area contributed by atoms with Gasteiger partial charge in [-0.2, -0.15) is 0 Å². The van der Waals surface area contributed by atoms with E-state index in [9.17, 15) is 13.2 Å². The van der Waals surface area contributed by atoms with Gasteiger partial charge in [-0.15, -0.1) is 0 Å². The lowest BCUT2D eigenvalue weighted by atomic mass is 10.1. The van der Waals surface area contributed by atoms with Gasteiger partial charge in [0.2, 0.25) is 10.0 Å². The molecule has 0 saturated heterocycles. The average Bonchev–Trinajstić information content (AvgIpc) is 2.37. The molecule has 1 amide bonds. The summed E-state index contributed by atoms with van der Waals surface area (Å²) in [5.41, 5.74) is 6.95. The Morgan fingerprint density at radius 2 is 2.05 bits per heavy atom. The Kier molecular flexibility index (Phi) is 5.94. The van der Waals surface area contributed by atoms with E-state index in [4.69, 9.17) is 5.73 Å². The molecule has 7 heteroatoms. The third-order valence-corrected chi connectivity index (χ3v) is 3.16. The summed E-state index contributed by atoms with van der Waals surface area (Å²) in [6.07, 6.45) is 1.64. The molecule has 0 saturated carbocycles. The number of rotatable bonds is 7. The number of carbonyl (C=O) groups is 1. The van der Waals surface area contributed by atoms with E-state index >= 15 is 0 Å². The molecule has 0 aliphatic carbocycles. The number of nitrogens with one attached hydrogen (secondary N) is 2. The summed E-state index contributed by atoms with van der Waals surface area (Å²) in [5, 5.41) is 2.72. The summed E-state index contributed by atoms with van der Waals surface area (Å²) in [6.45, 7) is 1.11. The standard InChI is InChI=1S/C12H19N3O3S/c1-19(17,18)15-7-3-6-14-12(16)11-5-2-4-10(8-11)9-13/h2,4-5,8,15H,3,6-7,9,13H2,1H3,(H,14,16). The molecular weight excluding hydrogens is 266 g/mol. The third kappa shape index (κ3) is 6.32. The highest BCUT2D eigenvalue weighted by atomic mass is 32.2. The van der Waals surface area contributed by atoms with Crippen LogP contribution in [0.25, 0.3) is 0 Å². The molecule has 0 atom stereocenters. The van der Waals surface area contributed by atoms with Gasteiger partial charge in [-0.1, -0.05) is 12.1 Å². The maximum Gasteiger partial charge on any atom is 0.251 e. The molecule has 0 spiro atoms. The van der Waals surface area contributed by atoms with Crippen LogP contribution in [0, 0.1) is 0 Å². The second-order valence-corrected chi connectivity index (χ2v) is 6.01. The second-order valence-electron chi connectivity index (χ2n) is 4.18. The fourth-order valence-corrected chi connectivity index (χ4v) is 2.00. The van der Waals surface area contributed by atoms with Crippen LogP contribution >= 0.6 is 0 Å². The van der Waals surface area contributed by atoms with Crippen LogP contribution in [-0.2, 0) is 16.6 Å². The van der Waals surface area contributed by atoms with Crippen LogP contribution in [0.1, 0.15) is 22.3 Å². The topological polar surface area (TPSA) is 101 Å². The molecule has 1 aromatic carbocycles. The largest absolute Gasteiger partial charge is 0.352 e. The van der Waals surface area contributed by atoms with Crippen molar-refractivity contribution in [1.82, 2.24) is 10.0 Å². The normalized spacial score (nSPS) is 11.3. The van der Waals surface area contributed by atoms with Gasteiger partial charge < -0.3 is 11.1 Å². The van der Waals surface area contributed by atoms with Gasteiger partial charge in [-0.3, -0.25) is 4.79 Å². The lowest BCUT2D eigenvalue weighted by Crippen LogP contribution is -2.29. The number of nitrogens with two attached hydrogens (primary N) is 1. The summed E-state index contributed by atoms with van der Waals surface area (Å²) in [5.74, 6) is -0.186. The van der Waals surface area contributed by atoms with Crippen molar-refractivity contribution in [3.8, 4) is 0 Å². The zero-order valence-corrected chi connectivity index (χ0v) is 11.7. The number of amides is 1. The van der Waals surface area contributed by atoms with Crippen molar-refractivity contribution in [3.63, 3.8) is 0 Å². The molecule has 0 unspecified atom stereocenters. The van der Waals surface area contributed by atoms with Crippen molar-refractivity contribution >= 4 is 15.9 Å². The Morgan fingerprint density at radius 3 is 2.68 bits per heavy atom. The molecule has 6 nitrogen and oxygen atoms in total. The number of benzene rings is 1. The minimum Gasteiger partial charge on any atom is -0.352 e. The van der Waals surface area contributed by atoms with E-state index in [1.54, 1.807) is 18.2 Å². The first-order valence-corrected chi connectivity index (χ1v) is 7.83. The van der Waals surface area contributed by atoms with Crippen LogP contribution in [0.15, 0.2) is 24.3 Å². The van der Waals surface area contributed by atoms with E-state index in [1.807, 2.05) is 6.07 Å². The maximum atomic E-state index is 11.8. The molecule has 0 aliphatic rings. The molecule has 1 aromatic rings. The van der Waals surface area contributed by atoms with E-state index in [0.29, 0.717) is 31.6 Å². The van der Waals surface area contributed by atoms with E-state index in [-0.39, 0.29) is 5.91 Å². The Morgan fingerprint density at radius 1 is 1.32 bits per heavy atom. The monoisotopic (exact) mass is 285 g/mol. The molecule has 0 aromatic heterocycles. The summed E-state index contributed by atoms with van der Waals surface area (Å²) >= 11 is 0. The predicted molar refractivity (Wildman–Crippen MR) is 74.1 cm³/mol. The highest BCUT2D eigenvalue weighted by molar-refractivity contribution is 7.88. The van der Waals surface area contributed by atoms with Crippen molar-refractivity contribution in [2.24, 2.45) is 5.73 Å². The van der Waals surface area contributed by atoms with Crippen molar-refractivity contribution in [1.29, 1.82) is 0 Å². The van der Waals surface area contributed by atoms with Gasteiger partial charge >= 0.3 is 0 Å². The van der Waals surface area contributed by atoms with Crippen molar-refractivity contribution in [3.05, 3.63) is 35.4 Å². The van der Waals surface area contributed by atoms with Gasteiger partial charge in [0.1, 0.15) is 0 Å². The van der Waals surface area contributed by atoms with Crippen molar-refractivity contribution in [2.45, 2.75) is 13.0 Å². The second kappa shape index (κ2) is 7.22. The minimum absolute atomic E-state index is 0.186. The first-order valence-electron chi connectivity index (χ1n) is 5.94. The SMILES string of the molecule is CS(=O)(=O)NCCCNC(=O)c1cccc(CN)c1. The zero-order valence-electron chi connectivity index (χ0n) is 10.8. The fraction of sp³-hybridized carbons (Fsp3) is 0.417. The van der Waals surface area contributed by atoms with Gasteiger partial charge in [0.05, 0.1) is 6.26 Å². The maximum absolute atomic E-state index is 11.8. The highest BCUT2D eigenvalue weighted by Crippen LogP contribution is 2.04. The van der Waals surface area contributed by atoms with Crippen molar-refractivity contribution < 1.29 is 13.2 Å². The average molecular weight is 285 g/mol. The van der Waals surface area contributed by atoms with Gasteiger partial charge in [0, 0.05) is 25.2 Å². The number of sulfonamides is 1. The minimum atomic E-state index is -3.16. The van der Waals surface area contributed by atoms with Crippen molar-refractivity contribution in [2.75, 3.05) is 19.3 Å². The first-order chi connectivity index (χ1) is 8.92. The predicted octanol–water partition coefficient (Wildman–Crippen LogP) is -0.186. The summed E-state index contributed by atoms with van der Waals surface area (Å²) < 4.78 is 24.0. The Bertz CT molecular complexity index is 529. The zero-order chi connectivity index (χ0) is 14.3. The Balaban J connectivity index is 2.35. The number of carbonyl (C=O) groups excluding carboxylic acids is 1. The van der Waals surface area contributed by atoms with Crippen LogP contribution in [0.2, 0.25) is 0 Å².